The summed E-state index contributed by atoms with van der Waals surface area (Å²) in [4.78, 5) is 14.0. The summed E-state index contributed by atoms with van der Waals surface area (Å²) in [7, 11) is -2.04. The Morgan fingerprint density at radius 3 is 2.55 bits per heavy atom. The number of aryl methyl sites for hydroxylation is 1. The Morgan fingerprint density at radius 1 is 1.17 bits per heavy atom. The number of carbonyl (C=O) groups excluding carboxylic acids is 1. The summed E-state index contributed by atoms with van der Waals surface area (Å²) in [5.74, 6) is 0. The average Bonchev–Trinajstić information content (AvgIpc) is 2.68. The standard InChI is InChI=1S/C22H28N2O4S/c1-16-9-11-18(12-10-16)19-7-4-6-17(14-19)15-21-20(23-29(3,26)27)8-5-13-24(21)22(25)28-2/h4,6-7,9-12,14,20-21,23H,5,8,13,15H2,1-3H3/t20-,21-/m0/s1. The zero-order valence-corrected chi connectivity index (χ0v) is 17.9. The summed E-state index contributed by atoms with van der Waals surface area (Å²) in [6.07, 6.45) is 2.68. The van der Waals surface area contributed by atoms with Crippen LogP contribution in [-0.2, 0) is 21.2 Å². The second-order valence-corrected chi connectivity index (χ2v) is 9.42. The molecule has 0 unspecified atom stereocenters. The number of methoxy groups -OCH3 is 1. The average molecular weight is 417 g/mol. The Morgan fingerprint density at radius 2 is 1.90 bits per heavy atom. The molecule has 1 amide bonds. The molecule has 2 aromatic rings. The fraction of sp³-hybridized carbons (Fsp3) is 0.409. The van der Waals surface area contributed by atoms with Crippen LogP contribution < -0.4 is 4.72 Å². The summed E-state index contributed by atoms with van der Waals surface area (Å²) in [6, 6.07) is 15.8. The number of sulfonamides is 1. The summed E-state index contributed by atoms with van der Waals surface area (Å²) in [5, 5.41) is 0. The topological polar surface area (TPSA) is 75.7 Å². The van der Waals surface area contributed by atoms with Crippen molar-refractivity contribution in [2.75, 3.05) is 19.9 Å². The highest BCUT2D eigenvalue weighted by molar-refractivity contribution is 7.88. The highest BCUT2D eigenvalue weighted by atomic mass is 32.2. The molecule has 0 saturated carbocycles. The van der Waals surface area contributed by atoms with Gasteiger partial charge in [0.1, 0.15) is 0 Å². The molecule has 1 aliphatic heterocycles. The van der Waals surface area contributed by atoms with Gasteiger partial charge < -0.3 is 9.64 Å². The molecular weight excluding hydrogens is 388 g/mol. The number of nitrogens with zero attached hydrogens (tertiary/aromatic N) is 1. The number of likely N-dealkylation sites (tertiary alicyclic amines) is 1. The Bertz CT molecular complexity index is 957. The van der Waals surface area contributed by atoms with Gasteiger partial charge in [-0.1, -0.05) is 54.1 Å². The lowest BCUT2D eigenvalue weighted by Gasteiger charge is -2.40. The molecule has 0 bridgehead atoms. The Kier molecular flexibility index (Phi) is 6.59. The predicted octanol–water partition coefficient (Wildman–Crippen LogP) is 3.35. The van der Waals surface area contributed by atoms with Crippen molar-refractivity contribution in [3.8, 4) is 11.1 Å². The predicted molar refractivity (Wildman–Crippen MR) is 114 cm³/mol. The number of rotatable bonds is 5. The summed E-state index contributed by atoms with van der Waals surface area (Å²) in [5.41, 5.74) is 4.46. The molecule has 0 aromatic heterocycles. The van der Waals surface area contributed by atoms with Gasteiger partial charge in [-0.15, -0.1) is 0 Å². The van der Waals surface area contributed by atoms with Crippen LogP contribution in [-0.4, -0.2) is 51.4 Å². The quantitative estimate of drug-likeness (QED) is 0.811. The highest BCUT2D eigenvalue weighted by Crippen LogP contribution is 2.26. The van der Waals surface area contributed by atoms with Crippen molar-refractivity contribution in [3.63, 3.8) is 0 Å². The Balaban J connectivity index is 1.89. The number of hydrogen-bond acceptors (Lipinski definition) is 4. The van der Waals surface area contributed by atoms with E-state index in [0.717, 1.165) is 29.4 Å². The van der Waals surface area contributed by atoms with Gasteiger partial charge in [0.15, 0.2) is 0 Å². The van der Waals surface area contributed by atoms with Crippen LogP contribution in [0, 0.1) is 6.92 Å². The van der Waals surface area contributed by atoms with E-state index >= 15 is 0 Å². The molecule has 29 heavy (non-hydrogen) atoms. The molecule has 2 atom stereocenters. The van der Waals surface area contributed by atoms with Gasteiger partial charge in [0.2, 0.25) is 10.0 Å². The molecule has 6 nitrogen and oxygen atoms in total. The number of hydrogen-bond donors (Lipinski definition) is 1. The zero-order valence-electron chi connectivity index (χ0n) is 17.1. The summed E-state index contributed by atoms with van der Waals surface area (Å²) in [6.45, 7) is 2.61. The van der Waals surface area contributed by atoms with Gasteiger partial charge in [0, 0.05) is 12.6 Å². The van der Waals surface area contributed by atoms with E-state index in [9.17, 15) is 13.2 Å². The van der Waals surface area contributed by atoms with Gasteiger partial charge in [-0.3, -0.25) is 0 Å². The van der Waals surface area contributed by atoms with E-state index in [1.807, 2.05) is 12.1 Å². The minimum Gasteiger partial charge on any atom is -0.453 e. The summed E-state index contributed by atoms with van der Waals surface area (Å²) >= 11 is 0. The fourth-order valence-corrected chi connectivity index (χ4v) is 4.76. The molecule has 1 aliphatic rings. The second-order valence-electron chi connectivity index (χ2n) is 7.64. The SMILES string of the molecule is COC(=O)N1CCC[C@H](NS(C)(=O)=O)[C@@H]1Cc1cccc(-c2ccc(C)cc2)c1. The van der Waals surface area contributed by atoms with Crippen molar-refractivity contribution in [1.29, 1.82) is 0 Å². The summed E-state index contributed by atoms with van der Waals surface area (Å²) < 4.78 is 31.4. The lowest BCUT2D eigenvalue weighted by Crippen LogP contribution is -2.57. The van der Waals surface area contributed by atoms with E-state index in [1.54, 1.807) is 4.90 Å². The van der Waals surface area contributed by atoms with Gasteiger partial charge in [-0.25, -0.2) is 17.9 Å². The first-order valence-electron chi connectivity index (χ1n) is 9.75. The van der Waals surface area contributed by atoms with Crippen LogP contribution in [0.5, 0.6) is 0 Å². The van der Waals surface area contributed by atoms with Gasteiger partial charge >= 0.3 is 6.09 Å². The Labute approximate surface area is 172 Å². The number of piperidine rings is 1. The maximum atomic E-state index is 12.3. The molecule has 0 radical (unpaired) electrons. The maximum absolute atomic E-state index is 12.3. The lowest BCUT2D eigenvalue weighted by atomic mass is 9.90. The van der Waals surface area contributed by atoms with Crippen LogP contribution in [0.4, 0.5) is 4.79 Å². The first kappa shape index (κ1) is 21.3. The molecule has 7 heteroatoms. The van der Waals surface area contributed by atoms with E-state index in [1.165, 1.54) is 12.7 Å². The van der Waals surface area contributed by atoms with Crippen molar-refractivity contribution in [2.45, 2.75) is 38.3 Å². The van der Waals surface area contributed by atoms with Crippen molar-refractivity contribution < 1.29 is 17.9 Å². The molecule has 0 spiro atoms. The fourth-order valence-electron chi connectivity index (χ4n) is 3.93. The van der Waals surface area contributed by atoms with Gasteiger partial charge in [0.25, 0.3) is 0 Å². The molecule has 0 aliphatic carbocycles. The van der Waals surface area contributed by atoms with Crippen molar-refractivity contribution >= 4 is 16.1 Å². The van der Waals surface area contributed by atoms with E-state index in [0.29, 0.717) is 19.4 Å². The molecule has 1 N–H and O–H groups in total. The highest BCUT2D eigenvalue weighted by Gasteiger charge is 2.36. The van der Waals surface area contributed by atoms with E-state index in [4.69, 9.17) is 4.74 Å². The first-order chi connectivity index (χ1) is 13.8. The number of benzene rings is 2. The third-order valence-corrected chi connectivity index (χ3v) is 6.04. The van der Waals surface area contributed by atoms with Crippen LogP contribution in [0.2, 0.25) is 0 Å². The van der Waals surface area contributed by atoms with Gasteiger partial charge in [0.05, 0.1) is 19.4 Å². The third-order valence-electron chi connectivity index (χ3n) is 5.31. The largest absolute Gasteiger partial charge is 0.453 e. The minimum absolute atomic E-state index is 0.306. The van der Waals surface area contributed by atoms with E-state index in [-0.39, 0.29) is 12.1 Å². The lowest BCUT2D eigenvalue weighted by molar-refractivity contribution is 0.0792. The Hall–Kier alpha value is -2.38. The first-order valence-corrected chi connectivity index (χ1v) is 11.6. The molecular formula is C22H28N2O4S. The number of nitrogens with one attached hydrogen (secondary N) is 1. The normalized spacial score (nSPS) is 19.8. The number of amides is 1. The second kappa shape index (κ2) is 8.97. The van der Waals surface area contributed by atoms with Crippen LogP contribution in [0.1, 0.15) is 24.0 Å². The van der Waals surface area contributed by atoms with E-state index < -0.39 is 16.1 Å². The number of carbonyl (C=O) groups is 1. The smallest absolute Gasteiger partial charge is 0.409 e. The molecule has 1 heterocycles. The van der Waals surface area contributed by atoms with Crippen LogP contribution in [0.15, 0.2) is 48.5 Å². The molecule has 3 rings (SSSR count). The molecule has 1 saturated heterocycles. The van der Waals surface area contributed by atoms with Crippen molar-refractivity contribution in [2.24, 2.45) is 0 Å². The zero-order chi connectivity index (χ0) is 21.0. The molecule has 1 fully saturated rings. The number of ether oxygens (including phenoxy) is 1. The third kappa shape index (κ3) is 5.58. The molecule has 2 aromatic carbocycles. The van der Waals surface area contributed by atoms with Crippen molar-refractivity contribution in [1.82, 2.24) is 9.62 Å². The van der Waals surface area contributed by atoms with Gasteiger partial charge in [-0.2, -0.15) is 0 Å². The van der Waals surface area contributed by atoms with Crippen LogP contribution >= 0.6 is 0 Å². The maximum Gasteiger partial charge on any atom is 0.409 e. The van der Waals surface area contributed by atoms with E-state index in [2.05, 4.69) is 48.0 Å². The van der Waals surface area contributed by atoms with Crippen LogP contribution in [0.3, 0.4) is 0 Å². The molecule has 156 valence electrons. The van der Waals surface area contributed by atoms with Crippen LogP contribution in [0.25, 0.3) is 11.1 Å². The monoisotopic (exact) mass is 416 g/mol. The van der Waals surface area contributed by atoms with Crippen molar-refractivity contribution in [3.05, 3.63) is 59.7 Å². The minimum atomic E-state index is -3.39. The van der Waals surface area contributed by atoms with Gasteiger partial charge in [-0.05, 0) is 42.9 Å².